The molecule has 1 unspecified atom stereocenters. The van der Waals surface area contributed by atoms with Crippen molar-refractivity contribution < 1.29 is 14.3 Å². The summed E-state index contributed by atoms with van der Waals surface area (Å²) in [7, 11) is 0. The molecule has 0 spiro atoms. The molecule has 1 atom stereocenters. The average Bonchev–Trinajstić information content (AvgIpc) is 2.93. The van der Waals surface area contributed by atoms with Crippen LogP contribution in [-0.2, 0) is 14.9 Å². The van der Waals surface area contributed by atoms with Crippen LogP contribution in [0.5, 0.6) is 0 Å². The van der Waals surface area contributed by atoms with E-state index in [0.29, 0.717) is 29.9 Å². The van der Waals surface area contributed by atoms with Gasteiger partial charge in [0.25, 0.3) is 0 Å². The maximum Gasteiger partial charge on any atom is 0.335 e. The van der Waals surface area contributed by atoms with Crippen molar-refractivity contribution in [3.8, 4) is 0 Å². The molecular weight excluding hydrogens is 498 g/mol. The third-order valence-electron chi connectivity index (χ3n) is 6.12. The van der Waals surface area contributed by atoms with Gasteiger partial charge in [0.05, 0.1) is 17.2 Å². The Morgan fingerprint density at radius 1 is 1.15 bits per heavy atom. The summed E-state index contributed by atoms with van der Waals surface area (Å²) in [4.78, 5) is 26.2. The van der Waals surface area contributed by atoms with Gasteiger partial charge in [-0.15, -0.1) is 11.8 Å². The number of nitrogens with one attached hydrogen (secondary N) is 1. The minimum absolute atomic E-state index is 0.0188. The predicted molar refractivity (Wildman–Crippen MR) is 137 cm³/mol. The van der Waals surface area contributed by atoms with Gasteiger partial charge < -0.3 is 10.1 Å². The second kappa shape index (κ2) is 9.74. The average molecular weight is 524 g/mol. The molecule has 2 aliphatic heterocycles. The molecule has 0 bridgehead atoms. The Morgan fingerprint density at radius 2 is 1.91 bits per heavy atom. The Morgan fingerprint density at radius 3 is 2.61 bits per heavy atom. The fourth-order valence-electron chi connectivity index (χ4n) is 4.30. The van der Waals surface area contributed by atoms with Crippen LogP contribution in [0.1, 0.15) is 43.1 Å². The summed E-state index contributed by atoms with van der Waals surface area (Å²) < 4.78 is 6.26. The number of ketones is 1. The summed E-state index contributed by atoms with van der Waals surface area (Å²) in [6.07, 6.45) is 2.50. The molecule has 2 aliphatic rings. The van der Waals surface area contributed by atoms with Gasteiger partial charge in [0.2, 0.25) is 0 Å². The van der Waals surface area contributed by atoms with Crippen molar-refractivity contribution in [3.63, 3.8) is 0 Å². The van der Waals surface area contributed by atoms with Crippen LogP contribution in [0.25, 0.3) is 0 Å². The standard InChI is InChI=1S/C27H26BrNO3S/c1-4-32-26(31)22-15-27(3,20-10-6-5-7-11-20)23-14-19(16-33-25(23)29-17(22)2)24(30)18-9-8-12-21(28)13-18/h5-14,29H,4,15-16H2,1-3H3. The van der Waals surface area contributed by atoms with Gasteiger partial charge in [-0.25, -0.2) is 4.79 Å². The Bertz CT molecular complexity index is 1200. The van der Waals surface area contributed by atoms with E-state index in [0.717, 1.165) is 31.9 Å². The van der Waals surface area contributed by atoms with Crippen LogP contribution in [-0.4, -0.2) is 24.1 Å². The summed E-state index contributed by atoms with van der Waals surface area (Å²) in [5.41, 5.74) is 4.42. The molecule has 4 nitrogen and oxygen atoms in total. The molecule has 2 aromatic rings. The SMILES string of the molecule is CCOC(=O)C1=C(C)NC2=C(C=C(C(=O)c3cccc(Br)c3)CS2)C(C)(c2ccccc2)C1. The van der Waals surface area contributed by atoms with Gasteiger partial charge in [-0.1, -0.05) is 65.3 Å². The highest BCUT2D eigenvalue weighted by molar-refractivity contribution is 9.10. The van der Waals surface area contributed by atoms with Crippen LogP contribution in [0.2, 0.25) is 0 Å². The van der Waals surface area contributed by atoms with Crippen LogP contribution in [0.15, 0.2) is 92.6 Å². The Labute approximate surface area is 207 Å². The number of ether oxygens (including phenoxy) is 1. The van der Waals surface area contributed by atoms with Crippen LogP contribution in [0.3, 0.4) is 0 Å². The van der Waals surface area contributed by atoms with Crippen molar-refractivity contribution in [2.24, 2.45) is 0 Å². The fourth-order valence-corrected chi connectivity index (χ4v) is 5.88. The first kappa shape index (κ1) is 23.6. The highest BCUT2D eigenvalue weighted by Crippen LogP contribution is 2.47. The van der Waals surface area contributed by atoms with E-state index in [9.17, 15) is 9.59 Å². The zero-order valence-corrected chi connectivity index (χ0v) is 21.3. The number of benzene rings is 2. The highest BCUT2D eigenvalue weighted by Gasteiger charge is 2.40. The van der Waals surface area contributed by atoms with Gasteiger partial charge in [-0.05, 0) is 49.6 Å². The third-order valence-corrected chi connectivity index (χ3v) is 7.68. The van der Waals surface area contributed by atoms with Gasteiger partial charge in [-0.3, -0.25) is 4.79 Å². The molecule has 0 amide bonds. The Kier molecular flexibility index (Phi) is 6.96. The summed E-state index contributed by atoms with van der Waals surface area (Å²) in [6.45, 7) is 6.20. The molecule has 4 rings (SSSR count). The van der Waals surface area contributed by atoms with Gasteiger partial charge in [0.1, 0.15) is 0 Å². The van der Waals surface area contributed by atoms with Gasteiger partial charge in [0.15, 0.2) is 5.78 Å². The molecular formula is C27H26BrNO3S. The van der Waals surface area contributed by atoms with Crippen molar-refractivity contribution in [1.29, 1.82) is 0 Å². The third kappa shape index (κ3) is 4.73. The molecule has 0 fully saturated rings. The number of esters is 1. The van der Waals surface area contributed by atoms with Gasteiger partial charge in [-0.2, -0.15) is 0 Å². The lowest BCUT2D eigenvalue weighted by molar-refractivity contribution is -0.138. The van der Waals surface area contributed by atoms with E-state index in [2.05, 4.69) is 40.3 Å². The van der Waals surface area contributed by atoms with E-state index in [4.69, 9.17) is 4.74 Å². The topological polar surface area (TPSA) is 55.4 Å². The summed E-state index contributed by atoms with van der Waals surface area (Å²) in [5.74, 6) is 0.276. The molecule has 33 heavy (non-hydrogen) atoms. The molecule has 0 saturated heterocycles. The molecule has 2 aromatic carbocycles. The summed E-state index contributed by atoms with van der Waals surface area (Å²) in [5, 5.41) is 4.44. The van der Waals surface area contributed by atoms with E-state index < -0.39 is 5.41 Å². The van der Waals surface area contributed by atoms with E-state index >= 15 is 0 Å². The first-order valence-electron chi connectivity index (χ1n) is 10.9. The van der Waals surface area contributed by atoms with Crippen LogP contribution < -0.4 is 5.32 Å². The first-order chi connectivity index (χ1) is 15.8. The monoisotopic (exact) mass is 523 g/mol. The maximum atomic E-state index is 13.4. The van der Waals surface area contributed by atoms with Crippen molar-refractivity contribution in [2.45, 2.75) is 32.6 Å². The second-order valence-corrected chi connectivity index (χ2v) is 10.3. The first-order valence-corrected chi connectivity index (χ1v) is 12.7. The lowest BCUT2D eigenvalue weighted by Crippen LogP contribution is -2.29. The van der Waals surface area contributed by atoms with E-state index in [-0.39, 0.29) is 11.8 Å². The quantitative estimate of drug-likeness (QED) is 0.367. The highest BCUT2D eigenvalue weighted by atomic mass is 79.9. The van der Waals surface area contributed by atoms with Gasteiger partial charge in [0, 0.05) is 32.5 Å². The van der Waals surface area contributed by atoms with E-state index in [1.807, 2.05) is 62.4 Å². The zero-order valence-electron chi connectivity index (χ0n) is 18.9. The molecule has 2 heterocycles. The second-order valence-electron chi connectivity index (χ2n) is 8.36. The van der Waals surface area contributed by atoms with Crippen LogP contribution >= 0.6 is 27.7 Å². The van der Waals surface area contributed by atoms with Crippen molar-refractivity contribution in [3.05, 3.63) is 104 Å². The number of carbonyl (C=O) groups excluding carboxylic acids is 2. The molecule has 0 aliphatic carbocycles. The number of thioether (sulfide) groups is 1. The van der Waals surface area contributed by atoms with E-state index in [1.54, 1.807) is 11.8 Å². The molecule has 6 heteroatoms. The minimum atomic E-state index is -0.514. The summed E-state index contributed by atoms with van der Waals surface area (Å²) >= 11 is 5.07. The zero-order chi connectivity index (χ0) is 23.6. The largest absolute Gasteiger partial charge is 0.463 e. The molecule has 0 aromatic heterocycles. The number of allylic oxidation sites excluding steroid dienone is 3. The number of rotatable bonds is 5. The van der Waals surface area contributed by atoms with E-state index in [1.165, 1.54) is 0 Å². The lowest BCUT2D eigenvalue weighted by atomic mass is 9.71. The molecule has 1 N–H and O–H groups in total. The Hall–Kier alpha value is -2.57. The van der Waals surface area contributed by atoms with Crippen LogP contribution in [0.4, 0.5) is 0 Å². The van der Waals surface area contributed by atoms with Crippen LogP contribution in [0, 0.1) is 0 Å². The molecule has 170 valence electrons. The van der Waals surface area contributed by atoms with Crippen molar-refractivity contribution in [2.75, 3.05) is 12.4 Å². The number of carbonyl (C=O) groups is 2. The summed E-state index contributed by atoms with van der Waals surface area (Å²) in [6, 6.07) is 17.6. The molecule has 0 radical (unpaired) electrons. The number of halogens is 1. The minimum Gasteiger partial charge on any atom is -0.463 e. The lowest BCUT2D eigenvalue weighted by Gasteiger charge is -2.34. The smallest absolute Gasteiger partial charge is 0.335 e. The number of Topliss-reactive ketones (excluding diaryl/α,β-unsaturated/α-hetero) is 1. The van der Waals surface area contributed by atoms with Crippen molar-refractivity contribution in [1.82, 2.24) is 5.32 Å². The Balaban J connectivity index is 1.82. The predicted octanol–water partition coefficient (Wildman–Crippen LogP) is 6.30. The molecule has 0 saturated carbocycles. The van der Waals surface area contributed by atoms with Crippen molar-refractivity contribution >= 4 is 39.4 Å². The maximum absolute atomic E-state index is 13.4. The normalized spacial score (nSPS) is 20.4. The number of hydrogen-bond donors (Lipinski definition) is 1. The number of hydrogen-bond acceptors (Lipinski definition) is 5. The fraction of sp³-hybridized carbons (Fsp3) is 0.259. The van der Waals surface area contributed by atoms with Gasteiger partial charge >= 0.3 is 5.97 Å².